The van der Waals surface area contributed by atoms with Crippen molar-refractivity contribution >= 4 is 6.08 Å². The van der Waals surface area contributed by atoms with E-state index in [9.17, 15) is 15.3 Å². The molecule has 0 saturated carbocycles. The van der Waals surface area contributed by atoms with Crippen LogP contribution in [-0.4, -0.2) is 46.8 Å². The molecule has 1 aliphatic rings. The number of benzene rings is 1. The molecule has 3 N–H and O–H groups in total. The molecule has 110 valence electrons. The van der Waals surface area contributed by atoms with Crippen LogP contribution in [0.1, 0.15) is 18.1 Å². The molecule has 0 amide bonds. The van der Waals surface area contributed by atoms with E-state index in [1.165, 1.54) is 0 Å². The fraction of sp³-hybridized carbons (Fsp3) is 0.467. The number of methoxy groups -OCH3 is 1. The minimum Gasteiger partial charge on any atom is -0.496 e. The Morgan fingerprint density at radius 2 is 2.05 bits per heavy atom. The Hall–Kier alpha value is -1.40. The van der Waals surface area contributed by atoms with Gasteiger partial charge in [0.2, 0.25) is 0 Å². The van der Waals surface area contributed by atoms with Crippen molar-refractivity contribution in [2.24, 2.45) is 0 Å². The Morgan fingerprint density at radius 1 is 1.30 bits per heavy atom. The number of hydrogen-bond donors (Lipinski definition) is 3. The first-order valence-corrected chi connectivity index (χ1v) is 6.55. The highest BCUT2D eigenvalue weighted by atomic mass is 16.5. The number of rotatable bonds is 4. The van der Waals surface area contributed by atoms with Crippen LogP contribution in [0.4, 0.5) is 0 Å². The fourth-order valence-electron chi connectivity index (χ4n) is 2.34. The lowest BCUT2D eigenvalue weighted by Crippen LogP contribution is -2.30. The van der Waals surface area contributed by atoms with E-state index in [-0.39, 0.29) is 6.61 Å². The van der Waals surface area contributed by atoms with Crippen LogP contribution in [-0.2, 0) is 11.3 Å². The highest BCUT2D eigenvalue weighted by Crippen LogP contribution is 2.26. The average molecular weight is 280 g/mol. The molecule has 5 heteroatoms. The van der Waals surface area contributed by atoms with Gasteiger partial charge in [-0.15, -0.1) is 0 Å². The van der Waals surface area contributed by atoms with Crippen molar-refractivity contribution in [3.8, 4) is 5.75 Å². The van der Waals surface area contributed by atoms with Crippen molar-refractivity contribution in [3.63, 3.8) is 0 Å². The third-order valence-corrected chi connectivity index (χ3v) is 3.55. The van der Waals surface area contributed by atoms with E-state index < -0.39 is 24.4 Å². The zero-order valence-corrected chi connectivity index (χ0v) is 11.6. The highest BCUT2D eigenvalue weighted by Gasteiger charge is 2.38. The summed E-state index contributed by atoms with van der Waals surface area (Å²) in [7, 11) is 1.55. The van der Waals surface area contributed by atoms with Gasteiger partial charge >= 0.3 is 0 Å². The van der Waals surface area contributed by atoms with Gasteiger partial charge in [0.1, 0.15) is 24.1 Å². The van der Waals surface area contributed by atoms with Gasteiger partial charge in [-0.3, -0.25) is 0 Å². The molecule has 0 radical (unpaired) electrons. The summed E-state index contributed by atoms with van der Waals surface area (Å²) in [5.41, 5.74) is 1.46. The summed E-state index contributed by atoms with van der Waals surface area (Å²) in [4.78, 5) is 0. The maximum atomic E-state index is 9.83. The normalized spacial score (nSPS) is 30.1. The van der Waals surface area contributed by atoms with Crippen LogP contribution in [0.3, 0.4) is 0 Å². The SMILES string of the molecule is COc1cccc(/C=C/C2OC(C)C(O)C2O)c1CO. The lowest BCUT2D eigenvalue weighted by atomic mass is 10.0. The van der Waals surface area contributed by atoms with E-state index in [4.69, 9.17) is 9.47 Å². The zero-order valence-electron chi connectivity index (χ0n) is 11.6. The average Bonchev–Trinajstić information content (AvgIpc) is 2.71. The molecule has 4 unspecified atom stereocenters. The molecule has 0 aliphatic carbocycles. The molecule has 5 nitrogen and oxygen atoms in total. The lowest BCUT2D eigenvalue weighted by Gasteiger charge is -2.12. The van der Waals surface area contributed by atoms with Crippen LogP contribution >= 0.6 is 0 Å². The predicted octanol–water partition coefficient (Wildman–Crippen LogP) is 0.710. The Labute approximate surface area is 118 Å². The largest absolute Gasteiger partial charge is 0.496 e. The van der Waals surface area contributed by atoms with E-state index in [0.29, 0.717) is 11.3 Å². The monoisotopic (exact) mass is 280 g/mol. The number of ether oxygens (including phenoxy) is 2. The second-order valence-electron chi connectivity index (χ2n) is 4.83. The van der Waals surface area contributed by atoms with Crippen molar-refractivity contribution in [1.82, 2.24) is 0 Å². The minimum absolute atomic E-state index is 0.142. The van der Waals surface area contributed by atoms with Crippen LogP contribution in [0.25, 0.3) is 6.08 Å². The maximum Gasteiger partial charge on any atom is 0.124 e. The molecule has 0 bridgehead atoms. The minimum atomic E-state index is -0.940. The van der Waals surface area contributed by atoms with Gasteiger partial charge < -0.3 is 24.8 Å². The standard InChI is InChI=1S/C15H20O5/c1-9-14(17)15(18)13(20-9)7-6-10-4-3-5-12(19-2)11(10)8-16/h3-7,9,13-18H,8H2,1-2H3/b7-6+. The first-order valence-electron chi connectivity index (χ1n) is 6.55. The van der Waals surface area contributed by atoms with Crippen LogP contribution in [0.2, 0.25) is 0 Å². The summed E-state index contributed by atoms with van der Waals surface area (Å²) in [6, 6.07) is 5.43. The molecule has 1 heterocycles. The van der Waals surface area contributed by atoms with E-state index in [1.807, 2.05) is 12.1 Å². The number of aliphatic hydroxyl groups excluding tert-OH is 3. The summed E-state index contributed by atoms with van der Waals surface area (Å²) < 4.78 is 10.6. The first kappa shape index (κ1) is 15.0. The van der Waals surface area contributed by atoms with Gasteiger partial charge in [0, 0.05) is 5.56 Å². The smallest absolute Gasteiger partial charge is 0.124 e. The maximum absolute atomic E-state index is 9.83. The van der Waals surface area contributed by atoms with Gasteiger partial charge in [0.25, 0.3) is 0 Å². The fourth-order valence-corrected chi connectivity index (χ4v) is 2.34. The number of hydrogen-bond acceptors (Lipinski definition) is 5. The van der Waals surface area contributed by atoms with E-state index >= 15 is 0 Å². The summed E-state index contributed by atoms with van der Waals surface area (Å²) in [5, 5.41) is 28.9. The second kappa shape index (κ2) is 6.37. The van der Waals surface area contributed by atoms with Crippen LogP contribution < -0.4 is 4.74 Å². The van der Waals surface area contributed by atoms with Crippen LogP contribution in [0.5, 0.6) is 5.75 Å². The molecule has 2 rings (SSSR count). The quantitative estimate of drug-likeness (QED) is 0.757. The third kappa shape index (κ3) is 2.86. The summed E-state index contributed by atoms with van der Waals surface area (Å²) in [5.74, 6) is 0.607. The van der Waals surface area contributed by atoms with Gasteiger partial charge in [-0.05, 0) is 18.6 Å². The number of aliphatic hydroxyl groups is 3. The first-order chi connectivity index (χ1) is 9.58. The van der Waals surface area contributed by atoms with Crippen LogP contribution in [0.15, 0.2) is 24.3 Å². The summed E-state index contributed by atoms with van der Waals surface area (Å²) in [6.45, 7) is 1.57. The molecular weight excluding hydrogens is 260 g/mol. The van der Waals surface area contributed by atoms with Crippen molar-refractivity contribution < 1.29 is 24.8 Å². The molecule has 20 heavy (non-hydrogen) atoms. The van der Waals surface area contributed by atoms with E-state index in [2.05, 4.69) is 0 Å². The zero-order chi connectivity index (χ0) is 14.7. The van der Waals surface area contributed by atoms with Gasteiger partial charge in [-0.25, -0.2) is 0 Å². The summed E-state index contributed by atoms with van der Waals surface area (Å²) in [6.07, 6.45) is 0.662. The third-order valence-electron chi connectivity index (χ3n) is 3.55. The van der Waals surface area contributed by atoms with Crippen molar-refractivity contribution in [3.05, 3.63) is 35.4 Å². The second-order valence-corrected chi connectivity index (χ2v) is 4.83. The molecule has 1 aromatic rings. The Kier molecular flexibility index (Phi) is 4.77. The molecule has 1 saturated heterocycles. The van der Waals surface area contributed by atoms with Gasteiger partial charge in [0.05, 0.1) is 19.8 Å². The Morgan fingerprint density at radius 3 is 2.60 bits per heavy atom. The summed E-state index contributed by atoms with van der Waals surface area (Å²) >= 11 is 0. The molecule has 1 aliphatic heterocycles. The van der Waals surface area contributed by atoms with Gasteiger partial charge in [0.15, 0.2) is 0 Å². The van der Waals surface area contributed by atoms with Crippen molar-refractivity contribution in [2.75, 3.05) is 7.11 Å². The van der Waals surface area contributed by atoms with Crippen LogP contribution in [0, 0.1) is 0 Å². The molecule has 1 fully saturated rings. The molecule has 0 spiro atoms. The van der Waals surface area contributed by atoms with E-state index in [0.717, 1.165) is 5.56 Å². The topological polar surface area (TPSA) is 79.2 Å². The van der Waals surface area contributed by atoms with Crippen molar-refractivity contribution in [2.45, 2.75) is 37.9 Å². The molecule has 0 aromatic heterocycles. The molecular formula is C15H20O5. The molecule has 4 atom stereocenters. The lowest BCUT2D eigenvalue weighted by molar-refractivity contribution is 0.0316. The molecule has 1 aromatic carbocycles. The van der Waals surface area contributed by atoms with Gasteiger partial charge in [-0.2, -0.15) is 0 Å². The van der Waals surface area contributed by atoms with E-state index in [1.54, 1.807) is 32.3 Å². The van der Waals surface area contributed by atoms with Gasteiger partial charge in [-0.1, -0.05) is 24.3 Å². The predicted molar refractivity (Wildman–Crippen MR) is 74.3 cm³/mol. The highest BCUT2D eigenvalue weighted by molar-refractivity contribution is 5.58. The van der Waals surface area contributed by atoms with Crippen molar-refractivity contribution in [1.29, 1.82) is 0 Å². The Bertz CT molecular complexity index is 485. The Balaban J connectivity index is 2.20.